The molecule has 0 bridgehead atoms. The first-order chi connectivity index (χ1) is 17.5. The van der Waals surface area contributed by atoms with Crippen molar-refractivity contribution in [1.29, 1.82) is 0 Å². The van der Waals surface area contributed by atoms with Crippen molar-refractivity contribution in [3.63, 3.8) is 0 Å². The molecule has 0 amide bonds. The Balaban J connectivity index is 2.42. The van der Waals surface area contributed by atoms with E-state index >= 15 is 0 Å². The molecule has 0 saturated heterocycles. The second-order valence-corrected chi connectivity index (χ2v) is 18.2. The summed E-state index contributed by atoms with van der Waals surface area (Å²) in [5.41, 5.74) is -0.314. The maximum atomic E-state index is 14.1. The van der Waals surface area contributed by atoms with E-state index in [9.17, 15) is 24.4 Å². The molecule has 2 rings (SSSR count). The van der Waals surface area contributed by atoms with Gasteiger partial charge in [0.25, 0.3) is 0 Å². The monoisotopic (exact) mass is 564 g/mol. The van der Waals surface area contributed by atoms with Crippen LogP contribution < -0.4 is 0 Å². The maximum Gasteiger partial charge on any atom is 0.332 e. The van der Waals surface area contributed by atoms with Gasteiger partial charge in [0, 0.05) is 5.92 Å². The second-order valence-electron chi connectivity index (χ2n) is 11.4. The van der Waals surface area contributed by atoms with Crippen LogP contribution in [0.5, 0.6) is 0 Å². The highest BCUT2D eigenvalue weighted by atomic mass is 31.2. The van der Waals surface area contributed by atoms with Gasteiger partial charge in [0.1, 0.15) is 6.10 Å². The molecule has 0 fully saturated rings. The van der Waals surface area contributed by atoms with Gasteiger partial charge < -0.3 is 23.7 Å². The normalized spacial score (nSPS) is 15.9. The smallest absolute Gasteiger partial charge is 0.332 e. The first-order valence-electron chi connectivity index (χ1n) is 12.6. The molecule has 8 nitrogen and oxygen atoms in total. The van der Waals surface area contributed by atoms with Crippen LogP contribution in [0.2, 0.25) is 18.1 Å². The first-order valence-corrected chi connectivity index (χ1v) is 17.2. The molecule has 0 spiro atoms. The van der Waals surface area contributed by atoms with Gasteiger partial charge in [-0.25, -0.2) is 4.79 Å². The van der Waals surface area contributed by atoms with Crippen LogP contribution in [0.1, 0.15) is 45.7 Å². The Bertz CT molecular complexity index is 1070. The summed E-state index contributed by atoms with van der Waals surface area (Å²) in [6.45, 7) is 12.5. The Morgan fingerprint density at radius 2 is 1.29 bits per heavy atom. The lowest BCUT2D eigenvalue weighted by Gasteiger charge is -2.43. The van der Waals surface area contributed by atoms with Gasteiger partial charge in [-0.3, -0.25) is 9.36 Å². The molecule has 0 saturated carbocycles. The van der Waals surface area contributed by atoms with E-state index in [-0.39, 0.29) is 18.3 Å². The van der Waals surface area contributed by atoms with E-state index in [4.69, 9.17) is 13.5 Å². The third-order valence-corrected chi connectivity index (χ3v) is 14.0. The van der Waals surface area contributed by atoms with E-state index in [1.54, 1.807) is 24.3 Å². The summed E-state index contributed by atoms with van der Waals surface area (Å²) >= 11 is 0. The van der Waals surface area contributed by atoms with Crippen molar-refractivity contribution in [2.24, 2.45) is 11.3 Å². The Morgan fingerprint density at radius 3 is 1.63 bits per heavy atom. The molecule has 2 aromatic carbocycles. The SMILES string of the molecule is CC([C@@H](O[Si](C)(C)C(C)(C)C)C(=O)O)C(C)(CP(=O)(OCc1ccccc1)OCc1ccccc1)C(=O)O. The van der Waals surface area contributed by atoms with Crippen molar-refractivity contribution in [2.75, 3.05) is 6.16 Å². The van der Waals surface area contributed by atoms with Gasteiger partial charge in [-0.15, -0.1) is 0 Å². The van der Waals surface area contributed by atoms with Crippen LogP contribution >= 0.6 is 7.60 Å². The zero-order valence-corrected chi connectivity index (χ0v) is 25.2. The third-order valence-electron chi connectivity index (χ3n) is 7.48. The van der Waals surface area contributed by atoms with Crippen LogP contribution in [-0.2, 0) is 40.8 Å². The Morgan fingerprint density at radius 1 is 0.868 bits per heavy atom. The van der Waals surface area contributed by atoms with Gasteiger partial charge in [0.2, 0.25) is 0 Å². The molecule has 2 unspecified atom stereocenters. The lowest BCUT2D eigenvalue weighted by molar-refractivity contribution is -0.159. The minimum absolute atomic E-state index is 0.0557. The molecule has 0 aromatic heterocycles. The van der Waals surface area contributed by atoms with E-state index in [2.05, 4.69) is 0 Å². The van der Waals surface area contributed by atoms with Gasteiger partial charge >= 0.3 is 19.5 Å². The fourth-order valence-corrected chi connectivity index (χ4v) is 7.10. The molecule has 38 heavy (non-hydrogen) atoms. The van der Waals surface area contributed by atoms with E-state index in [0.717, 1.165) is 11.1 Å². The fraction of sp³-hybridized carbons (Fsp3) is 0.500. The van der Waals surface area contributed by atoms with Gasteiger partial charge in [-0.05, 0) is 36.2 Å². The fourth-order valence-electron chi connectivity index (χ4n) is 3.63. The van der Waals surface area contributed by atoms with Crippen molar-refractivity contribution >= 4 is 27.9 Å². The number of benzene rings is 2. The number of carbonyl (C=O) groups is 2. The number of carboxylic acids is 2. The summed E-state index contributed by atoms with van der Waals surface area (Å²) in [6, 6.07) is 18.1. The highest BCUT2D eigenvalue weighted by Gasteiger charge is 2.53. The molecular weight excluding hydrogens is 523 g/mol. The third kappa shape index (κ3) is 8.35. The lowest BCUT2D eigenvalue weighted by atomic mass is 9.76. The summed E-state index contributed by atoms with van der Waals surface area (Å²) in [6.07, 6.45) is -1.95. The summed E-state index contributed by atoms with van der Waals surface area (Å²) in [5.74, 6) is -3.62. The van der Waals surface area contributed by atoms with Crippen molar-refractivity contribution in [3.05, 3.63) is 71.8 Å². The average molecular weight is 565 g/mol. The molecular formula is C28H41O8PSi. The van der Waals surface area contributed by atoms with Crippen LogP contribution in [-0.4, -0.2) is 42.7 Å². The zero-order chi connectivity index (χ0) is 28.8. The number of hydrogen-bond acceptors (Lipinski definition) is 6. The largest absolute Gasteiger partial charge is 0.481 e. The number of hydrogen-bond donors (Lipinski definition) is 2. The van der Waals surface area contributed by atoms with Crippen molar-refractivity contribution in [2.45, 2.75) is 72.1 Å². The molecule has 0 aliphatic carbocycles. The topological polar surface area (TPSA) is 119 Å². The van der Waals surface area contributed by atoms with Crippen LogP contribution in [0.3, 0.4) is 0 Å². The molecule has 2 aromatic rings. The standard InChI is InChI=1S/C28H41O8PSi/c1-21(24(25(29)30)36-38(6,7)27(2,3)4)28(5,26(31)32)20-37(33,34-18-22-14-10-8-11-15-22)35-19-23-16-12-9-13-17-23/h8-17,21,24H,18-20H2,1-7H3,(H,29,30)(H,31,32)/t21?,24-,28?/m1/s1. The summed E-state index contributed by atoms with van der Waals surface area (Å²) in [4.78, 5) is 25.1. The molecule has 0 radical (unpaired) electrons. The predicted octanol–water partition coefficient (Wildman–Crippen LogP) is 6.82. The summed E-state index contributed by atoms with van der Waals surface area (Å²) in [7, 11) is -6.64. The Kier molecular flexibility index (Phi) is 10.7. The number of aliphatic carboxylic acids is 2. The predicted molar refractivity (Wildman–Crippen MR) is 150 cm³/mol. The molecule has 3 atom stereocenters. The van der Waals surface area contributed by atoms with Crippen molar-refractivity contribution in [3.8, 4) is 0 Å². The Hall–Kier alpha value is -2.29. The molecule has 0 aliphatic rings. The minimum Gasteiger partial charge on any atom is -0.481 e. The molecule has 10 heteroatoms. The number of rotatable bonds is 14. The van der Waals surface area contributed by atoms with Gasteiger partial charge in [-0.2, -0.15) is 0 Å². The Labute approximate surface area is 227 Å². The highest BCUT2D eigenvalue weighted by molar-refractivity contribution is 7.53. The first kappa shape index (κ1) is 31.9. The minimum atomic E-state index is -4.05. The van der Waals surface area contributed by atoms with Crippen LogP contribution in [0, 0.1) is 11.3 Å². The molecule has 210 valence electrons. The van der Waals surface area contributed by atoms with Crippen molar-refractivity contribution < 1.29 is 37.8 Å². The van der Waals surface area contributed by atoms with Gasteiger partial charge in [-0.1, -0.05) is 88.4 Å². The van der Waals surface area contributed by atoms with Gasteiger partial charge in [0.15, 0.2) is 8.32 Å². The van der Waals surface area contributed by atoms with E-state index in [0.29, 0.717) is 0 Å². The average Bonchev–Trinajstić information content (AvgIpc) is 2.85. The second kappa shape index (κ2) is 12.7. The van der Waals surface area contributed by atoms with E-state index in [1.165, 1.54) is 13.8 Å². The van der Waals surface area contributed by atoms with Crippen LogP contribution in [0.25, 0.3) is 0 Å². The molecule has 0 aliphatic heterocycles. The van der Waals surface area contributed by atoms with E-state index in [1.807, 2.05) is 70.3 Å². The van der Waals surface area contributed by atoms with E-state index < -0.39 is 51.5 Å². The van der Waals surface area contributed by atoms with Gasteiger partial charge in [0.05, 0.1) is 24.8 Å². The molecule has 0 heterocycles. The number of carboxylic acid groups (broad SMARTS) is 2. The summed E-state index contributed by atoms with van der Waals surface area (Å²) in [5, 5.41) is 20.2. The van der Waals surface area contributed by atoms with Crippen molar-refractivity contribution in [1.82, 2.24) is 0 Å². The van der Waals surface area contributed by atoms with Crippen LogP contribution in [0.4, 0.5) is 0 Å². The lowest BCUT2D eigenvalue weighted by Crippen LogP contribution is -2.53. The summed E-state index contributed by atoms with van der Waals surface area (Å²) < 4.78 is 32.0. The zero-order valence-electron chi connectivity index (χ0n) is 23.3. The molecule has 2 N–H and O–H groups in total. The quantitative estimate of drug-likeness (QED) is 0.190. The highest BCUT2D eigenvalue weighted by Crippen LogP contribution is 2.56. The maximum absolute atomic E-state index is 14.1. The van der Waals surface area contributed by atoms with Crippen LogP contribution in [0.15, 0.2) is 60.7 Å².